The molecule has 3 aromatic heterocycles. The van der Waals surface area contributed by atoms with Gasteiger partial charge in [-0.3, -0.25) is 0 Å². The summed E-state index contributed by atoms with van der Waals surface area (Å²) in [5.41, 5.74) is 11.1. The zero-order chi connectivity index (χ0) is 36.7. The van der Waals surface area contributed by atoms with Crippen molar-refractivity contribution in [2.45, 2.75) is 0 Å². The fourth-order valence-corrected chi connectivity index (χ4v) is 8.44. The lowest BCUT2D eigenvalue weighted by molar-refractivity contribution is 0.623. The van der Waals surface area contributed by atoms with E-state index in [0.717, 1.165) is 110 Å². The first-order valence-electron chi connectivity index (χ1n) is 18.8. The molecule has 0 amide bonds. The number of anilines is 3. The van der Waals surface area contributed by atoms with Gasteiger partial charge in [0.15, 0.2) is 5.58 Å². The van der Waals surface area contributed by atoms with Crippen molar-refractivity contribution in [2.24, 2.45) is 0 Å². The van der Waals surface area contributed by atoms with E-state index in [-0.39, 0.29) is 0 Å². The average Bonchev–Trinajstić information content (AvgIpc) is 3.98. The molecule has 0 fully saturated rings. The number of hydrogen-bond donors (Lipinski definition) is 0. The molecule has 0 radical (unpaired) electrons. The van der Waals surface area contributed by atoms with Crippen LogP contribution in [0.4, 0.5) is 17.1 Å². The third-order valence-electron chi connectivity index (χ3n) is 11.1. The SMILES string of the molecule is c1ccc(-c2cccc(N(c3ccc4c(c3)oc3cccc(-c5nc6ccc7ccccc7c6o5)c34)c3ccc4oc5c6ccccc6ccc5c4c3)c2)cc1. The predicted molar refractivity (Wildman–Crippen MR) is 229 cm³/mol. The summed E-state index contributed by atoms with van der Waals surface area (Å²) in [5, 5.41) is 8.55. The van der Waals surface area contributed by atoms with E-state index >= 15 is 0 Å². The van der Waals surface area contributed by atoms with Gasteiger partial charge in [0.2, 0.25) is 5.89 Å². The van der Waals surface area contributed by atoms with Gasteiger partial charge in [0.25, 0.3) is 0 Å². The Bertz CT molecular complexity index is 3500. The number of hydrogen-bond acceptors (Lipinski definition) is 5. The van der Waals surface area contributed by atoms with Crippen LogP contribution in [-0.4, -0.2) is 4.98 Å². The molecule has 0 N–H and O–H groups in total. The van der Waals surface area contributed by atoms with Gasteiger partial charge in [0.05, 0.1) is 0 Å². The lowest BCUT2D eigenvalue weighted by Crippen LogP contribution is -2.10. The highest BCUT2D eigenvalue weighted by molar-refractivity contribution is 6.16. The van der Waals surface area contributed by atoms with Crippen molar-refractivity contribution in [1.29, 1.82) is 0 Å². The molecule has 0 saturated heterocycles. The highest BCUT2D eigenvalue weighted by Crippen LogP contribution is 2.44. The first-order valence-corrected chi connectivity index (χ1v) is 18.8. The van der Waals surface area contributed by atoms with Gasteiger partial charge in [-0.1, -0.05) is 109 Å². The Morgan fingerprint density at radius 1 is 0.375 bits per heavy atom. The normalized spacial score (nSPS) is 11.9. The monoisotopic (exact) mass is 718 g/mol. The van der Waals surface area contributed by atoms with Crippen molar-refractivity contribution in [3.05, 3.63) is 182 Å². The van der Waals surface area contributed by atoms with Gasteiger partial charge in [-0.2, -0.15) is 0 Å². The van der Waals surface area contributed by atoms with Gasteiger partial charge in [-0.15, -0.1) is 0 Å². The molecule has 5 heteroatoms. The van der Waals surface area contributed by atoms with E-state index in [4.69, 9.17) is 18.2 Å². The van der Waals surface area contributed by atoms with Crippen LogP contribution in [0.1, 0.15) is 0 Å². The molecule has 0 atom stereocenters. The number of furan rings is 2. The molecular weight excluding hydrogens is 689 g/mol. The van der Waals surface area contributed by atoms with Gasteiger partial charge in [0, 0.05) is 61.0 Å². The highest BCUT2D eigenvalue weighted by atomic mass is 16.4. The van der Waals surface area contributed by atoms with Gasteiger partial charge < -0.3 is 18.2 Å². The third-order valence-corrected chi connectivity index (χ3v) is 11.1. The summed E-state index contributed by atoms with van der Waals surface area (Å²) in [4.78, 5) is 7.26. The molecule has 0 unspecified atom stereocenters. The number of oxazole rings is 1. The summed E-state index contributed by atoms with van der Waals surface area (Å²) in [6, 6.07) is 63.3. The molecule has 262 valence electrons. The summed E-state index contributed by atoms with van der Waals surface area (Å²) in [5.74, 6) is 0.571. The van der Waals surface area contributed by atoms with Crippen LogP contribution in [0.3, 0.4) is 0 Å². The van der Waals surface area contributed by atoms with E-state index in [1.54, 1.807) is 0 Å². The summed E-state index contributed by atoms with van der Waals surface area (Å²) >= 11 is 0. The lowest BCUT2D eigenvalue weighted by Gasteiger charge is -2.26. The fraction of sp³-hybridized carbons (Fsp3) is 0. The zero-order valence-electron chi connectivity index (χ0n) is 29.9. The highest BCUT2D eigenvalue weighted by Gasteiger charge is 2.21. The van der Waals surface area contributed by atoms with Gasteiger partial charge in [-0.25, -0.2) is 4.98 Å². The number of fused-ring (bicyclic) bond motifs is 11. The molecule has 12 aromatic rings. The van der Waals surface area contributed by atoms with Crippen LogP contribution in [0.15, 0.2) is 195 Å². The van der Waals surface area contributed by atoms with Crippen LogP contribution < -0.4 is 4.90 Å². The minimum atomic E-state index is 0.571. The quantitative estimate of drug-likeness (QED) is 0.177. The number of benzene rings is 9. The van der Waals surface area contributed by atoms with Crippen molar-refractivity contribution in [1.82, 2.24) is 4.98 Å². The Labute approximate surface area is 320 Å². The predicted octanol–water partition coefficient (Wildman–Crippen LogP) is 14.7. The molecule has 12 rings (SSSR count). The molecule has 3 heterocycles. The second kappa shape index (κ2) is 11.9. The van der Waals surface area contributed by atoms with Crippen LogP contribution in [0.5, 0.6) is 0 Å². The summed E-state index contributed by atoms with van der Waals surface area (Å²) < 4.78 is 19.7. The van der Waals surface area contributed by atoms with Crippen LogP contribution >= 0.6 is 0 Å². The molecule has 0 spiro atoms. The minimum absolute atomic E-state index is 0.571. The molecule has 9 aromatic carbocycles. The molecule has 5 nitrogen and oxygen atoms in total. The molecule has 0 saturated carbocycles. The molecule has 0 aliphatic rings. The maximum absolute atomic E-state index is 6.66. The standard InChI is InChI=1S/C51H30N2O3/c1-2-10-31(11-3-1)34-14-8-15-35(28-34)53(36-23-27-45-43(29-36)40-24-20-32-12-4-6-16-38(32)49(40)55-45)37-22-25-41-47(30-37)54-46-19-9-18-42(48(41)46)51-52-44-26-21-33-13-5-7-17-39(33)50(44)56-51/h1-30H. The molecule has 56 heavy (non-hydrogen) atoms. The number of nitrogens with zero attached hydrogens (tertiary/aromatic N) is 2. The van der Waals surface area contributed by atoms with Crippen molar-refractivity contribution in [3.63, 3.8) is 0 Å². The second-order valence-corrected chi connectivity index (χ2v) is 14.3. The summed E-state index contributed by atoms with van der Waals surface area (Å²) in [7, 11) is 0. The molecule has 0 bridgehead atoms. The van der Waals surface area contributed by atoms with Gasteiger partial charge >= 0.3 is 0 Å². The van der Waals surface area contributed by atoms with Crippen LogP contribution in [-0.2, 0) is 0 Å². The van der Waals surface area contributed by atoms with Crippen molar-refractivity contribution < 1.29 is 13.3 Å². The minimum Gasteiger partial charge on any atom is -0.456 e. The molecular formula is C51H30N2O3. The Kier molecular flexibility index (Phi) is 6.56. The smallest absolute Gasteiger partial charge is 0.228 e. The van der Waals surface area contributed by atoms with Crippen LogP contribution in [0.25, 0.3) is 99.1 Å². The van der Waals surface area contributed by atoms with E-state index < -0.39 is 0 Å². The number of aromatic nitrogens is 1. The first kappa shape index (κ1) is 30.8. The zero-order valence-corrected chi connectivity index (χ0v) is 29.9. The molecule has 0 aliphatic carbocycles. The number of rotatable bonds is 5. The Hall–Kier alpha value is -7.63. The van der Waals surface area contributed by atoms with E-state index in [9.17, 15) is 0 Å². The second-order valence-electron chi connectivity index (χ2n) is 14.3. The first-order chi connectivity index (χ1) is 27.7. The van der Waals surface area contributed by atoms with E-state index in [2.05, 4.69) is 150 Å². The topological polar surface area (TPSA) is 55.6 Å². The van der Waals surface area contributed by atoms with Crippen LogP contribution in [0.2, 0.25) is 0 Å². The van der Waals surface area contributed by atoms with Crippen LogP contribution in [0, 0.1) is 0 Å². The van der Waals surface area contributed by atoms with E-state index in [1.807, 2.05) is 36.4 Å². The largest absolute Gasteiger partial charge is 0.456 e. The van der Waals surface area contributed by atoms with E-state index in [1.165, 1.54) is 0 Å². The maximum Gasteiger partial charge on any atom is 0.228 e. The summed E-state index contributed by atoms with van der Waals surface area (Å²) in [6.07, 6.45) is 0. The maximum atomic E-state index is 6.66. The Morgan fingerprint density at radius 2 is 1.07 bits per heavy atom. The Balaban J connectivity index is 1.04. The van der Waals surface area contributed by atoms with E-state index in [0.29, 0.717) is 5.89 Å². The fourth-order valence-electron chi connectivity index (χ4n) is 8.44. The van der Waals surface area contributed by atoms with Crippen molar-refractivity contribution in [2.75, 3.05) is 4.90 Å². The Morgan fingerprint density at radius 3 is 1.95 bits per heavy atom. The summed E-state index contributed by atoms with van der Waals surface area (Å²) in [6.45, 7) is 0. The lowest BCUT2D eigenvalue weighted by atomic mass is 10.0. The molecule has 0 aliphatic heterocycles. The van der Waals surface area contributed by atoms with Gasteiger partial charge in [-0.05, 0) is 88.6 Å². The van der Waals surface area contributed by atoms with Crippen molar-refractivity contribution in [3.8, 4) is 22.6 Å². The average molecular weight is 719 g/mol. The van der Waals surface area contributed by atoms with Gasteiger partial charge in [0.1, 0.15) is 27.8 Å². The van der Waals surface area contributed by atoms with Crippen molar-refractivity contribution >= 4 is 93.6 Å². The third kappa shape index (κ3) is 4.71.